The maximum atomic E-state index is 14.2. The van der Waals surface area contributed by atoms with Crippen LogP contribution in [0.2, 0.25) is 0 Å². The van der Waals surface area contributed by atoms with Crippen molar-refractivity contribution in [2.24, 2.45) is 0 Å². The van der Waals surface area contributed by atoms with E-state index in [1.54, 1.807) is 24.3 Å². The van der Waals surface area contributed by atoms with E-state index in [0.29, 0.717) is 12.0 Å². The van der Waals surface area contributed by atoms with E-state index in [1.165, 1.54) is 22.5 Å². The summed E-state index contributed by atoms with van der Waals surface area (Å²) in [6, 6.07) is 99.5. The lowest BCUT2D eigenvalue weighted by Gasteiger charge is -2.33. The number of benzene rings is 9. The molecule has 91 heavy (non-hydrogen) atoms. The Morgan fingerprint density at radius 3 is 1.48 bits per heavy atom. The molecule has 2 aliphatic carbocycles. The highest BCUT2D eigenvalue weighted by Crippen LogP contribution is 2.53. The number of hydrogen-bond donors (Lipinski definition) is 0. The van der Waals surface area contributed by atoms with Crippen LogP contribution in [-0.4, -0.2) is 30.1 Å². The minimum absolute atomic E-state index is 0.108. The van der Waals surface area contributed by atoms with Gasteiger partial charge in [0.15, 0.2) is 0 Å². The van der Waals surface area contributed by atoms with Crippen LogP contribution in [0.3, 0.4) is 0 Å². The van der Waals surface area contributed by atoms with Gasteiger partial charge in [0.25, 0.3) is 0 Å². The van der Waals surface area contributed by atoms with E-state index in [2.05, 4.69) is 231 Å². The molecule has 443 valence electrons. The summed E-state index contributed by atoms with van der Waals surface area (Å²) in [7, 11) is -3.79. The maximum Gasteiger partial charge on any atom is 0.206 e. The molecule has 0 amide bonds. The fourth-order valence-corrected chi connectivity index (χ4v) is 14.5. The Labute approximate surface area is 534 Å². The van der Waals surface area contributed by atoms with Crippen molar-refractivity contribution in [1.82, 2.24) is 9.55 Å². The first kappa shape index (κ1) is 57.9. The summed E-state index contributed by atoms with van der Waals surface area (Å²) in [5.41, 5.74) is 17.8. The molecule has 3 aliphatic rings. The molecule has 1 saturated carbocycles. The van der Waals surface area contributed by atoms with Gasteiger partial charge in [-0.3, -0.25) is 4.98 Å². The van der Waals surface area contributed by atoms with E-state index in [4.69, 9.17) is 0 Å². The predicted octanol–water partition coefficient (Wildman–Crippen LogP) is 21.2. The molecule has 2 aromatic heterocycles. The summed E-state index contributed by atoms with van der Waals surface area (Å²) in [5, 5.41) is 2.17. The largest absolute Gasteiger partial charge is 0.338 e. The van der Waals surface area contributed by atoms with Gasteiger partial charge in [-0.1, -0.05) is 200 Å². The summed E-state index contributed by atoms with van der Waals surface area (Å²) in [6.45, 7) is 4.45. The van der Waals surface area contributed by atoms with Crippen molar-refractivity contribution in [1.29, 1.82) is 0 Å². The SMILES string of the molecule is C=C1CCC2c3cc(N(c4ccccc4)C4[CH]C=CC=C4)ccc3N(c3ccc(-c4ccc(S(=O)(=O)c5ccc(-c6ccc(-n7c8ccncc8c8cc(N(c9ccccc9)c9ccccc9)ccc87)cc6)cc5)cc4)cc3)C2CC1.c1ccccccccc1. The van der Waals surface area contributed by atoms with Crippen LogP contribution >= 0.6 is 0 Å². The van der Waals surface area contributed by atoms with Crippen molar-refractivity contribution < 1.29 is 8.42 Å². The highest BCUT2D eigenvalue weighted by molar-refractivity contribution is 7.91. The van der Waals surface area contributed by atoms with Crippen LogP contribution in [0.4, 0.5) is 39.8 Å². The molecule has 12 aromatic rings. The summed E-state index contributed by atoms with van der Waals surface area (Å²) < 4.78 is 30.6. The van der Waals surface area contributed by atoms with Crippen LogP contribution in [-0.2, 0) is 9.84 Å². The number of nitrogens with zero attached hydrogens (tertiary/aromatic N) is 5. The van der Waals surface area contributed by atoms with Crippen LogP contribution in [0.5, 0.6) is 0 Å². The molecule has 0 saturated heterocycles. The molecule has 0 bridgehead atoms. The Balaban J connectivity index is 0.000000660. The average molecular weight is 1200 g/mol. The first-order valence-corrected chi connectivity index (χ1v) is 32.7. The molecule has 7 nitrogen and oxygen atoms in total. The Hall–Kier alpha value is -10.8. The normalized spacial score (nSPS) is 15.8. The van der Waals surface area contributed by atoms with Crippen molar-refractivity contribution in [3.63, 3.8) is 0 Å². The summed E-state index contributed by atoms with van der Waals surface area (Å²) >= 11 is 0. The van der Waals surface area contributed by atoms with E-state index in [0.717, 1.165) is 104 Å². The molecule has 3 atom stereocenters. The fourth-order valence-electron chi connectivity index (χ4n) is 13.3. The van der Waals surface area contributed by atoms with Crippen LogP contribution in [0.25, 0.3) is 49.7 Å². The third kappa shape index (κ3) is 12.0. The Bertz CT molecular complexity index is 4650. The Morgan fingerprint density at radius 1 is 0.440 bits per heavy atom. The third-order valence-electron chi connectivity index (χ3n) is 17.7. The lowest BCUT2D eigenvalue weighted by Crippen LogP contribution is -2.30. The number of para-hydroxylation sites is 3. The number of fused-ring (bicyclic) bond motifs is 6. The smallest absolute Gasteiger partial charge is 0.206 e. The zero-order valence-corrected chi connectivity index (χ0v) is 51.3. The minimum Gasteiger partial charge on any atom is -0.338 e. The Morgan fingerprint density at radius 2 is 0.934 bits per heavy atom. The molecule has 10 aromatic carbocycles. The number of anilines is 7. The average Bonchev–Trinajstić information content (AvgIpc) is 1.63. The number of allylic oxidation sites excluding steroid dienone is 3. The topological polar surface area (TPSA) is 61.7 Å². The molecule has 0 N–H and O–H groups in total. The van der Waals surface area contributed by atoms with E-state index < -0.39 is 9.84 Å². The van der Waals surface area contributed by atoms with Gasteiger partial charge in [0.1, 0.15) is 0 Å². The van der Waals surface area contributed by atoms with Crippen molar-refractivity contribution in [3.05, 3.63) is 352 Å². The van der Waals surface area contributed by atoms with Gasteiger partial charge in [-0.25, -0.2) is 8.42 Å². The molecule has 3 unspecified atom stereocenters. The lowest BCUT2D eigenvalue weighted by molar-refractivity contribution is 0.529. The van der Waals surface area contributed by atoms with Gasteiger partial charge in [0.05, 0.1) is 26.9 Å². The number of rotatable bonds is 12. The molecule has 15 rings (SSSR count). The van der Waals surface area contributed by atoms with Gasteiger partial charge in [0.2, 0.25) is 9.84 Å². The standard InChI is InChI=1S/C73H58N5O2S.C10H10/c1-51-22-42-66-67-48-62(75(56-14-6-2-7-15-56)57-16-8-3-9-17-57)36-44-71(67)77(70(66)43-23-51)60-32-24-52(25-33-60)54-28-38-64(39-29-54)81(79,80)65-40-30-55(31-41-65)53-26-34-61(35-27-53)78-72-45-37-63(49-68(72)69-50-74-47-46-73(69)78)76(58-18-10-4-11-19-58)59-20-12-5-13-21-59;1-2-4-6-8-10-9-7-5-3-1/h2-21,24-41,44-50,56,66,70H,1,22-23,42-43H2;1-10H. The fraction of sp³-hybridized carbons (Fsp3) is 0.0843. The highest BCUT2D eigenvalue weighted by atomic mass is 32.2. The zero-order valence-electron chi connectivity index (χ0n) is 50.5. The van der Waals surface area contributed by atoms with Gasteiger partial charge in [-0.15, -0.1) is 0 Å². The van der Waals surface area contributed by atoms with Crippen molar-refractivity contribution >= 4 is 71.5 Å². The zero-order chi connectivity index (χ0) is 61.5. The second-order valence-corrected chi connectivity index (χ2v) is 25.2. The van der Waals surface area contributed by atoms with E-state index in [1.807, 2.05) is 109 Å². The van der Waals surface area contributed by atoms with Crippen molar-refractivity contribution in [2.75, 3.05) is 14.7 Å². The van der Waals surface area contributed by atoms with Crippen LogP contribution in [0.15, 0.2) is 350 Å². The molecule has 0 spiro atoms. The quantitative estimate of drug-likeness (QED) is 0.114. The van der Waals surface area contributed by atoms with Gasteiger partial charge >= 0.3 is 0 Å². The molecule has 3 heterocycles. The molecule has 1 radical (unpaired) electrons. The van der Waals surface area contributed by atoms with Gasteiger partial charge in [0, 0.05) is 87.0 Å². The van der Waals surface area contributed by atoms with E-state index >= 15 is 0 Å². The molecule has 1 aliphatic heterocycles. The molecular weight excluding hydrogens is 1130 g/mol. The number of hydrogen-bond acceptors (Lipinski definition) is 6. The summed E-state index contributed by atoms with van der Waals surface area (Å²) in [6.07, 6.45) is 18.8. The highest BCUT2D eigenvalue weighted by Gasteiger charge is 2.41. The van der Waals surface area contributed by atoms with E-state index in [-0.39, 0.29) is 15.8 Å². The molecule has 8 heteroatoms. The third-order valence-corrected chi connectivity index (χ3v) is 19.5. The van der Waals surface area contributed by atoms with Gasteiger partial charge < -0.3 is 19.3 Å². The Kier molecular flexibility index (Phi) is 16.6. The lowest BCUT2D eigenvalue weighted by atomic mass is 9.90. The van der Waals surface area contributed by atoms with Crippen LogP contribution in [0, 0.1) is 6.42 Å². The maximum absolute atomic E-state index is 14.2. The predicted molar refractivity (Wildman–Crippen MR) is 378 cm³/mol. The van der Waals surface area contributed by atoms with Crippen molar-refractivity contribution in [3.8, 4) is 27.9 Å². The van der Waals surface area contributed by atoms with Crippen molar-refractivity contribution in [2.45, 2.75) is 53.5 Å². The van der Waals surface area contributed by atoms with Crippen LogP contribution in [0.1, 0.15) is 37.2 Å². The van der Waals surface area contributed by atoms with E-state index in [9.17, 15) is 8.42 Å². The molecular formula is C83H68N5O2S. The number of pyridine rings is 1. The van der Waals surface area contributed by atoms with Crippen LogP contribution < -0.4 is 14.7 Å². The summed E-state index contributed by atoms with van der Waals surface area (Å²) in [5.74, 6) is 0.380. The molecule has 1 fully saturated rings. The number of aromatic nitrogens is 2. The minimum atomic E-state index is -3.79. The first-order valence-electron chi connectivity index (χ1n) is 31.2. The summed E-state index contributed by atoms with van der Waals surface area (Å²) in [4.78, 5) is 12.3. The van der Waals surface area contributed by atoms with Gasteiger partial charge in [-0.05, 0) is 181 Å². The second-order valence-electron chi connectivity index (χ2n) is 23.3. The monoisotopic (exact) mass is 1200 g/mol. The van der Waals surface area contributed by atoms with Gasteiger partial charge in [-0.2, -0.15) is 0 Å². The second kappa shape index (κ2) is 26.1. The number of sulfone groups is 1. The first-order chi connectivity index (χ1) is 44.8.